The highest BCUT2D eigenvalue weighted by molar-refractivity contribution is 5.99. The number of anilines is 1. The molecule has 0 amide bonds. The van der Waals surface area contributed by atoms with E-state index < -0.39 is 0 Å². The van der Waals surface area contributed by atoms with E-state index in [0.717, 1.165) is 6.42 Å². The first kappa shape index (κ1) is 13.0. The zero-order valence-electron chi connectivity index (χ0n) is 10.8. The number of nitrogens with zero attached hydrogens (tertiary/aromatic N) is 1. The van der Waals surface area contributed by atoms with Gasteiger partial charge >= 0.3 is 0 Å². The fourth-order valence-electron chi connectivity index (χ4n) is 2.38. The monoisotopic (exact) mass is 251 g/mol. The van der Waals surface area contributed by atoms with Crippen LogP contribution in [0.15, 0.2) is 18.2 Å². The minimum absolute atomic E-state index is 0.106. The minimum Gasteiger partial charge on any atom is -0.377 e. The number of hydrogen-bond acceptors (Lipinski definition) is 3. The summed E-state index contributed by atoms with van der Waals surface area (Å²) in [4.78, 5) is 13.6. The molecule has 18 heavy (non-hydrogen) atoms. The van der Waals surface area contributed by atoms with Gasteiger partial charge in [-0.1, -0.05) is 13.0 Å². The number of benzene rings is 1. The third-order valence-corrected chi connectivity index (χ3v) is 3.35. The van der Waals surface area contributed by atoms with E-state index in [4.69, 9.17) is 4.74 Å². The first-order valence-electron chi connectivity index (χ1n) is 6.29. The summed E-state index contributed by atoms with van der Waals surface area (Å²) in [6.45, 7) is 5.30. The highest BCUT2D eigenvalue weighted by Gasteiger charge is 2.27. The zero-order valence-corrected chi connectivity index (χ0v) is 10.8. The molecule has 0 radical (unpaired) electrons. The summed E-state index contributed by atoms with van der Waals surface area (Å²) >= 11 is 0. The average molecular weight is 251 g/mol. The Morgan fingerprint density at radius 2 is 2.33 bits per heavy atom. The summed E-state index contributed by atoms with van der Waals surface area (Å²) in [6.07, 6.45) is 0.867. The first-order valence-corrected chi connectivity index (χ1v) is 6.29. The molecule has 0 aromatic heterocycles. The van der Waals surface area contributed by atoms with Crippen molar-refractivity contribution in [3.05, 3.63) is 29.6 Å². The van der Waals surface area contributed by atoms with Gasteiger partial charge in [0.25, 0.3) is 0 Å². The predicted octanol–water partition coefficient (Wildman–Crippen LogP) is 2.64. The number of ketones is 1. The number of para-hydroxylation sites is 1. The van der Waals surface area contributed by atoms with E-state index in [1.165, 1.54) is 13.0 Å². The van der Waals surface area contributed by atoms with E-state index in [-0.39, 0.29) is 17.6 Å². The van der Waals surface area contributed by atoms with Crippen molar-refractivity contribution < 1.29 is 13.9 Å². The molecule has 98 valence electrons. The number of carbonyl (C=O) groups excluding carboxylic acids is 1. The maximum atomic E-state index is 14.1. The summed E-state index contributed by atoms with van der Waals surface area (Å²) in [5, 5.41) is 0. The Balaban J connectivity index is 2.44. The van der Waals surface area contributed by atoms with Crippen molar-refractivity contribution in [3.63, 3.8) is 0 Å². The zero-order chi connectivity index (χ0) is 13.1. The molecule has 0 saturated carbocycles. The van der Waals surface area contributed by atoms with Crippen molar-refractivity contribution in [1.29, 1.82) is 0 Å². The van der Waals surface area contributed by atoms with Crippen LogP contribution in [0.5, 0.6) is 0 Å². The fourth-order valence-corrected chi connectivity index (χ4v) is 2.38. The van der Waals surface area contributed by atoms with Gasteiger partial charge < -0.3 is 9.64 Å². The number of hydrogen-bond donors (Lipinski definition) is 0. The summed E-state index contributed by atoms with van der Waals surface area (Å²) in [5.74, 6) is -0.436. The number of ether oxygens (including phenoxy) is 1. The minimum atomic E-state index is -0.331. The lowest BCUT2D eigenvalue weighted by molar-refractivity contribution is 0.0918. The normalized spacial score (nSPS) is 19.9. The van der Waals surface area contributed by atoms with Crippen LogP contribution in [0.2, 0.25) is 0 Å². The molecule has 1 aliphatic rings. The van der Waals surface area contributed by atoms with E-state index >= 15 is 0 Å². The molecule has 1 atom stereocenters. The lowest BCUT2D eigenvalue weighted by atomic mass is 10.0. The van der Waals surface area contributed by atoms with Gasteiger partial charge in [0.1, 0.15) is 5.82 Å². The fraction of sp³-hybridized carbons (Fsp3) is 0.500. The van der Waals surface area contributed by atoms with Gasteiger partial charge in [0.2, 0.25) is 0 Å². The number of carbonyl (C=O) groups is 1. The van der Waals surface area contributed by atoms with Crippen molar-refractivity contribution >= 4 is 11.5 Å². The molecule has 1 fully saturated rings. The molecular weight excluding hydrogens is 233 g/mol. The van der Waals surface area contributed by atoms with Crippen LogP contribution in [0.3, 0.4) is 0 Å². The Labute approximate surface area is 107 Å². The molecule has 3 nitrogen and oxygen atoms in total. The Bertz CT molecular complexity index is 447. The Morgan fingerprint density at radius 3 is 3.00 bits per heavy atom. The second-order valence-corrected chi connectivity index (χ2v) is 4.52. The SMILES string of the molecule is CCC1COCCN1c1c(F)cccc1C(C)=O. The number of halogens is 1. The molecule has 1 saturated heterocycles. The molecule has 0 N–H and O–H groups in total. The number of morpholine rings is 1. The molecule has 1 unspecified atom stereocenters. The van der Waals surface area contributed by atoms with Crippen LogP contribution in [0.4, 0.5) is 10.1 Å². The maximum Gasteiger partial charge on any atom is 0.161 e. The second kappa shape index (κ2) is 5.48. The number of rotatable bonds is 3. The van der Waals surface area contributed by atoms with Crippen LogP contribution in [-0.2, 0) is 4.74 Å². The molecular formula is C14H18FNO2. The summed E-state index contributed by atoms with van der Waals surface area (Å²) in [6, 6.07) is 4.80. The van der Waals surface area contributed by atoms with Crippen LogP contribution in [-0.4, -0.2) is 31.6 Å². The van der Waals surface area contributed by atoms with E-state index in [1.54, 1.807) is 12.1 Å². The van der Waals surface area contributed by atoms with Crippen LogP contribution in [0.25, 0.3) is 0 Å². The lowest BCUT2D eigenvalue weighted by Crippen LogP contribution is -2.46. The molecule has 2 rings (SSSR count). The molecule has 0 spiro atoms. The second-order valence-electron chi connectivity index (χ2n) is 4.52. The van der Waals surface area contributed by atoms with E-state index in [9.17, 15) is 9.18 Å². The van der Waals surface area contributed by atoms with Gasteiger partial charge in [0, 0.05) is 12.1 Å². The van der Waals surface area contributed by atoms with Gasteiger partial charge in [-0.25, -0.2) is 4.39 Å². The Morgan fingerprint density at radius 1 is 1.56 bits per heavy atom. The standard InChI is InChI=1S/C14H18FNO2/c1-3-11-9-18-8-7-16(11)14-12(10(2)17)5-4-6-13(14)15/h4-6,11H,3,7-9H2,1-2H3. The third-order valence-electron chi connectivity index (χ3n) is 3.35. The molecule has 1 heterocycles. The van der Waals surface area contributed by atoms with Crippen LogP contribution in [0.1, 0.15) is 30.6 Å². The van der Waals surface area contributed by atoms with Crippen molar-refractivity contribution in [2.75, 3.05) is 24.7 Å². The van der Waals surface area contributed by atoms with Gasteiger partial charge in [0.05, 0.1) is 24.9 Å². The van der Waals surface area contributed by atoms with Gasteiger partial charge in [-0.2, -0.15) is 0 Å². The van der Waals surface area contributed by atoms with E-state index in [0.29, 0.717) is 31.0 Å². The smallest absolute Gasteiger partial charge is 0.161 e. The largest absolute Gasteiger partial charge is 0.377 e. The summed E-state index contributed by atoms with van der Waals surface area (Å²) in [5.41, 5.74) is 0.885. The lowest BCUT2D eigenvalue weighted by Gasteiger charge is -2.37. The predicted molar refractivity (Wildman–Crippen MR) is 68.6 cm³/mol. The van der Waals surface area contributed by atoms with E-state index in [1.807, 2.05) is 11.8 Å². The molecule has 0 bridgehead atoms. The number of Topliss-reactive ketones (excluding diaryl/α,β-unsaturated/α-hetero) is 1. The maximum absolute atomic E-state index is 14.1. The van der Waals surface area contributed by atoms with Crippen LogP contribution >= 0.6 is 0 Å². The van der Waals surface area contributed by atoms with Gasteiger partial charge in [-0.15, -0.1) is 0 Å². The molecule has 0 aliphatic carbocycles. The molecule has 1 aromatic rings. The van der Waals surface area contributed by atoms with Gasteiger partial charge in [-0.3, -0.25) is 4.79 Å². The molecule has 1 aliphatic heterocycles. The highest BCUT2D eigenvalue weighted by atomic mass is 19.1. The van der Waals surface area contributed by atoms with Crippen molar-refractivity contribution in [1.82, 2.24) is 0 Å². The van der Waals surface area contributed by atoms with E-state index in [2.05, 4.69) is 0 Å². The first-order chi connectivity index (χ1) is 8.65. The molecule has 1 aromatic carbocycles. The highest BCUT2D eigenvalue weighted by Crippen LogP contribution is 2.29. The molecule has 4 heteroatoms. The summed E-state index contributed by atoms with van der Waals surface area (Å²) in [7, 11) is 0. The average Bonchev–Trinajstić information content (AvgIpc) is 2.38. The quantitative estimate of drug-likeness (QED) is 0.773. The van der Waals surface area contributed by atoms with Crippen LogP contribution < -0.4 is 4.90 Å². The van der Waals surface area contributed by atoms with Crippen LogP contribution in [0, 0.1) is 5.82 Å². The van der Waals surface area contributed by atoms with Gasteiger partial charge in [-0.05, 0) is 25.5 Å². The van der Waals surface area contributed by atoms with Crippen molar-refractivity contribution in [2.45, 2.75) is 26.3 Å². The van der Waals surface area contributed by atoms with Gasteiger partial charge in [0.15, 0.2) is 5.78 Å². The Kier molecular flexibility index (Phi) is 3.97. The third kappa shape index (κ3) is 2.38. The Hall–Kier alpha value is -1.42. The van der Waals surface area contributed by atoms with Crippen molar-refractivity contribution in [2.24, 2.45) is 0 Å². The summed E-state index contributed by atoms with van der Waals surface area (Å²) < 4.78 is 19.5. The van der Waals surface area contributed by atoms with Crippen molar-refractivity contribution in [3.8, 4) is 0 Å². The topological polar surface area (TPSA) is 29.5 Å².